The fourth-order valence-electron chi connectivity index (χ4n) is 3.89. The van der Waals surface area contributed by atoms with Gasteiger partial charge >= 0.3 is 6.03 Å². The first-order valence-corrected chi connectivity index (χ1v) is 9.77. The fraction of sp³-hybridized carbons (Fsp3) is 0.364. The van der Waals surface area contributed by atoms with Gasteiger partial charge in [0.2, 0.25) is 0 Å². The molecule has 1 N–H and O–H groups in total. The summed E-state index contributed by atoms with van der Waals surface area (Å²) in [5, 5.41) is 4.18. The lowest BCUT2D eigenvalue weighted by atomic mass is 9.93. The Morgan fingerprint density at radius 3 is 2.71 bits per heavy atom. The van der Waals surface area contributed by atoms with Gasteiger partial charge in [0.1, 0.15) is 5.82 Å². The number of rotatable bonds is 3. The number of amides is 2. The standard InChI is InChI=1S/C22H25N5O/c1-15-5-6-18(19-4-3-10-24-21(15)19)14-25-22(28)27-12-8-17(9-13-27)20-7-11-23-16(2)26-20/h3-7,10-11,17H,8-9,12-14H2,1-2H3,(H,25,28). The van der Waals surface area contributed by atoms with E-state index in [-0.39, 0.29) is 6.03 Å². The minimum Gasteiger partial charge on any atom is -0.334 e. The highest BCUT2D eigenvalue weighted by Crippen LogP contribution is 2.26. The molecule has 2 aromatic heterocycles. The maximum absolute atomic E-state index is 12.6. The molecule has 3 heterocycles. The van der Waals surface area contributed by atoms with Crippen molar-refractivity contribution in [2.75, 3.05) is 13.1 Å². The predicted molar refractivity (Wildman–Crippen MR) is 109 cm³/mol. The van der Waals surface area contributed by atoms with Gasteiger partial charge in [-0.05, 0) is 49.9 Å². The van der Waals surface area contributed by atoms with Crippen LogP contribution in [-0.2, 0) is 6.54 Å². The highest BCUT2D eigenvalue weighted by molar-refractivity contribution is 5.85. The van der Waals surface area contributed by atoms with Crippen molar-refractivity contribution in [3.05, 3.63) is 65.4 Å². The third-order valence-electron chi connectivity index (χ3n) is 5.49. The van der Waals surface area contributed by atoms with E-state index in [1.54, 1.807) is 6.20 Å². The summed E-state index contributed by atoms with van der Waals surface area (Å²) >= 11 is 0. The zero-order valence-electron chi connectivity index (χ0n) is 16.4. The van der Waals surface area contributed by atoms with Crippen LogP contribution in [-0.4, -0.2) is 39.0 Å². The average Bonchev–Trinajstić information content (AvgIpc) is 2.73. The monoisotopic (exact) mass is 375 g/mol. The van der Waals surface area contributed by atoms with Gasteiger partial charge in [-0.15, -0.1) is 0 Å². The Balaban J connectivity index is 1.36. The summed E-state index contributed by atoms with van der Waals surface area (Å²) < 4.78 is 0. The van der Waals surface area contributed by atoms with E-state index in [1.807, 2.05) is 30.2 Å². The SMILES string of the molecule is Cc1nccc(C2CCN(C(=O)NCc3ccc(C)c4ncccc34)CC2)n1. The second-order valence-electron chi connectivity index (χ2n) is 7.39. The van der Waals surface area contributed by atoms with E-state index in [2.05, 4.69) is 45.4 Å². The number of fused-ring (bicyclic) bond motifs is 1. The van der Waals surface area contributed by atoms with Gasteiger partial charge in [-0.1, -0.05) is 18.2 Å². The lowest BCUT2D eigenvalue weighted by molar-refractivity contribution is 0.180. The maximum Gasteiger partial charge on any atom is 0.317 e. The number of aryl methyl sites for hydroxylation is 2. The van der Waals surface area contributed by atoms with Crippen LogP contribution in [0, 0.1) is 13.8 Å². The molecule has 0 unspecified atom stereocenters. The number of hydrogen-bond acceptors (Lipinski definition) is 4. The first-order chi connectivity index (χ1) is 13.6. The first kappa shape index (κ1) is 18.3. The molecule has 0 atom stereocenters. The molecule has 0 radical (unpaired) electrons. The van der Waals surface area contributed by atoms with Gasteiger partial charge in [0.05, 0.1) is 5.52 Å². The third-order valence-corrected chi connectivity index (χ3v) is 5.49. The number of pyridine rings is 1. The van der Waals surface area contributed by atoms with E-state index in [9.17, 15) is 4.79 Å². The number of carbonyl (C=O) groups excluding carboxylic acids is 1. The van der Waals surface area contributed by atoms with Crippen molar-refractivity contribution in [3.8, 4) is 0 Å². The van der Waals surface area contributed by atoms with Crippen LogP contribution >= 0.6 is 0 Å². The van der Waals surface area contributed by atoms with Gasteiger partial charge in [0, 0.05) is 49.0 Å². The molecule has 1 fully saturated rings. The summed E-state index contributed by atoms with van der Waals surface area (Å²) in [4.78, 5) is 27.7. The molecule has 1 aliphatic rings. The van der Waals surface area contributed by atoms with Crippen LogP contribution in [0.3, 0.4) is 0 Å². The molecule has 1 aliphatic heterocycles. The highest BCUT2D eigenvalue weighted by Gasteiger charge is 2.24. The lowest BCUT2D eigenvalue weighted by Crippen LogP contribution is -2.43. The van der Waals surface area contributed by atoms with Crippen molar-refractivity contribution in [2.45, 2.75) is 39.2 Å². The van der Waals surface area contributed by atoms with Crippen LogP contribution in [0.4, 0.5) is 4.79 Å². The molecule has 144 valence electrons. The molecule has 1 aromatic carbocycles. The van der Waals surface area contributed by atoms with Crippen LogP contribution in [0.5, 0.6) is 0 Å². The Morgan fingerprint density at radius 1 is 1.11 bits per heavy atom. The van der Waals surface area contributed by atoms with Gasteiger partial charge in [-0.2, -0.15) is 0 Å². The number of benzene rings is 1. The van der Waals surface area contributed by atoms with E-state index in [1.165, 1.54) is 0 Å². The van der Waals surface area contributed by atoms with Gasteiger partial charge in [0.25, 0.3) is 0 Å². The Hall–Kier alpha value is -3.02. The zero-order valence-corrected chi connectivity index (χ0v) is 16.4. The molecule has 6 heteroatoms. The van der Waals surface area contributed by atoms with Crippen LogP contribution in [0.2, 0.25) is 0 Å². The number of piperidine rings is 1. The van der Waals surface area contributed by atoms with E-state index < -0.39 is 0 Å². The van der Waals surface area contributed by atoms with Crippen LogP contribution in [0.25, 0.3) is 10.9 Å². The molecule has 28 heavy (non-hydrogen) atoms. The summed E-state index contributed by atoms with van der Waals surface area (Å²) in [7, 11) is 0. The third kappa shape index (κ3) is 3.81. The molecule has 2 amide bonds. The largest absolute Gasteiger partial charge is 0.334 e. The minimum absolute atomic E-state index is 0.00469. The minimum atomic E-state index is -0.00469. The van der Waals surface area contributed by atoms with Gasteiger partial charge < -0.3 is 10.2 Å². The van der Waals surface area contributed by atoms with E-state index in [0.717, 1.165) is 59.5 Å². The van der Waals surface area contributed by atoms with Crippen molar-refractivity contribution in [2.24, 2.45) is 0 Å². The fourth-order valence-corrected chi connectivity index (χ4v) is 3.89. The summed E-state index contributed by atoms with van der Waals surface area (Å²) in [5.74, 6) is 1.20. The molecular formula is C22H25N5O. The summed E-state index contributed by atoms with van der Waals surface area (Å²) in [6, 6.07) is 10.1. The average molecular weight is 375 g/mol. The molecular weight excluding hydrogens is 350 g/mol. The number of likely N-dealkylation sites (tertiary alicyclic amines) is 1. The Bertz CT molecular complexity index is 995. The summed E-state index contributed by atoms with van der Waals surface area (Å²) in [6.07, 6.45) is 5.49. The highest BCUT2D eigenvalue weighted by atomic mass is 16.2. The molecule has 6 nitrogen and oxygen atoms in total. The quantitative estimate of drug-likeness (QED) is 0.757. The van der Waals surface area contributed by atoms with Gasteiger partial charge in [0.15, 0.2) is 0 Å². The van der Waals surface area contributed by atoms with E-state index in [4.69, 9.17) is 0 Å². The van der Waals surface area contributed by atoms with Crippen molar-refractivity contribution in [1.82, 2.24) is 25.2 Å². The maximum atomic E-state index is 12.6. The number of nitrogens with zero attached hydrogens (tertiary/aromatic N) is 4. The smallest absolute Gasteiger partial charge is 0.317 e. The number of carbonyl (C=O) groups is 1. The van der Waals surface area contributed by atoms with Crippen LogP contribution in [0.1, 0.15) is 41.4 Å². The molecule has 0 saturated carbocycles. The molecule has 4 rings (SSSR count). The number of nitrogens with one attached hydrogen (secondary N) is 1. The van der Waals surface area contributed by atoms with Gasteiger partial charge in [-0.3, -0.25) is 4.98 Å². The Labute approximate surface area is 165 Å². The zero-order chi connectivity index (χ0) is 19.5. The number of hydrogen-bond donors (Lipinski definition) is 1. The van der Waals surface area contributed by atoms with E-state index in [0.29, 0.717) is 12.5 Å². The predicted octanol–water partition coefficient (Wildman–Crippen LogP) is 3.73. The molecule has 1 saturated heterocycles. The number of urea groups is 1. The molecule has 3 aromatic rings. The van der Waals surface area contributed by atoms with Crippen molar-refractivity contribution >= 4 is 16.9 Å². The normalized spacial score (nSPS) is 15.0. The van der Waals surface area contributed by atoms with Crippen molar-refractivity contribution < 1.29 is 4.79 Å². The van der Waals surface area contributed by atoms with Crippen LogP contribution in [0.15, 0.2) is 42.7 Å². The Kier molecular flexibility index (Phi) is 5.19. The van der Waals surface area contributed by atoms with Crippen molar-refractivity contribution in [1.29, 1.82) is 0 Å². The summed E-state index contributed by atoms with van der Waals surface area (Å²) in [5.41, 5.74) is 4.32. The second-order valence-corrected chi connectivity index (χ2v) is 7.39. The topological polar surface area (TPSA) is 71.0 Å². The Morgan fingerprint density at radius 2 is 1.93 bits per heavy atom. The lowest BCUT2D eigenvalue weighted by Gasteiger charge is -2.31. The van der Waals surface area contributed by atoms with Crippen molar-refractivity contribution in [3.63, 3.8) is 0 Å². The number of aromatic nitrogens is 3. The molecule has 0 spiro atoms. The van der Waals surface area contributed by atoms with Crippen LogP contribution < -0.4 is 5.32 Å². The molecule has 0 aliphatic carbocycles. The summed E-state index contributed by atoms with van der Waals surface area (Å²) in [6.45, 7) is 5.97. The molecule has 0 bridgehead atoms. The second kappa shape index (κ2) is 7.92. The van der Waals surface area contributed by atoms with E-state index >= 15 is 0 Å². The first-order valence-electron chi connectivity index (χ1n) is 9.77. The van der Waals surface area contributed by atoms with Gasteiger partial charge in [-0.25, -0.2) is 14.8 Å².